The maximum absolute atomic E-state index is 5.79. The number of hydrogen-bond donors (Lipinski definition) is 0. The zero-order valence-electron chi connectivity index (χ0n) is 22.3. The Bertz CT molecular complexity index is 1110. The molecule has 0 aliphatic carbocycles. The van der Waals surface area contributed by atoms with Crippen molar-refractivity contribution >= 4 is 49.5 Å². The molecule has 0 saturated carbocycles. The number of ether oxygens (including phenoxy) is 4. The second kappa shape index (κ2) is 15.0. The zero-order valence-corrected chi connectivity index (χ0v) is 24.9. The van der Waals surface area contributed by atoms with Gasteiger partial charge in [0, 0.05) is 21.2 Å². The lowest BCUT2D eigenvalue weighted by Gasteiger charge is -2.26. The number of para-hydroxylation sites is 4. The Hall–Kier alpha value is -2.77. The average molecular weight is 569 g/mol. The van der Waals surface area contributed by atoms with Crippen LogP contribution in [-0.4, -0.2) is 40.8 Å². The van der Waals surface area contributed by atoms with Crippen LogP contribution in [0.25, 0.3) is 0 Å². The predicted molar refractivity (Wildman–Crippen MR) is 166 cm³/mol. The van der Waals surface area contributed by atoms with Gasteiger partial charge in [0.05, 0.1) is 28.4 Å². The number of halogens is 1. The summed E-state index contributed by atoms with van der Waals surface area (Å²) in [6.45, 7) is 0. The molecule has 4 aromatic carbocycles. The van der Waals surface area contributed by atoms with E-state index in [-0.39, 0.29) is 12.4 Å². The SMILES string of the molecule is COc1ccccc1P(CCCP(c1ccccc1OC)c1ccccc1OC)c1ccccc1OC.Cl. The Morgan fingerprint density at radius 2 is 0.658 bits per heavy atom. The zero-order chi connectivity index (χ0) is 26.0. The summed E-state index contributed by atoms with van der Waals surface area (Å²) in [7, 11) is 5.59. The smallest absolute Gasteiger partial charge is 0.126 e. The van der Waals surface area contributed by atoms with Crippen molar-refractivity contribution in [1.82, 2.24) is 0 Å². The third-order valence-electron chi connectivity index (χ3n) is 6.27. The fourth-order valence-corrected chi connectivity index (χ4v) is 10.0. The lowest BCUT2D eigenvalue weighted by molar-refractivity contribution is 0.417. The van der Waals surface area contributed by atoms with Gasteiger partial charge in [-0.15, -0.1) is 12.4 Å². The molecule has 0 saturated heterocycles. The van der Waals surface area contributed by atoms with Crippen molar-refractivity contribution in [3.8, 4) is 23.0 Å². The number of methoxy groups -OCH3 is 4. The Morgan fingerprint density at radius 3 is 0.895 bits per heavy atom. The summed E-state index contributed by atoms with van der Waals surface area (Å²) in [5, 5.41) is 4.96. The van der Waals surface area contributed by atoms with Crippen molar-refractivity contribution < 1.29 is 18.9 Å². The Kier molecular flexibility index (Phi) is 11.7. The van der Waals surface area contributed by atoms with E-state index in [1.54, 1.807) is 28.4 Å². The molecule has 0 fully saturated rings. The molecule has 0 bridgehead atoms. The van der Waals surface area contributed by atoms with Crippen molar-refractivity contribution in [2.75, 3.05) is 40.8 Å². The first kappa shape index (κ1) is 29.8. The minimum Gasteiger partial charge on any atom is -0.496 e. The predicted octanol–water partition coefficient (Wildman–Crippen LogP) is 6.10. The van der Waals surface area contributed by atoms with Crippen LogP contribution in [0.4, 0.5) is 0 Å². The van der Waals surface area contributed by atoms with Gasteiger partial charge in [-0.05, 0) is 58.9 Å². The summed E-state index contributed by atoms with van der Waals surface area (Å²) in [5.41, 5.74) is 0. The molecule has 0 heterocycles. The molecule has 0 spiro atoms. The Balaban J connectivity index is 0.00000400. The molecule has 7 heteroatoms. The van der Waals surface area contributed by atoms with Crippen molar-refractivity contribution in [2.45, 2.75) is 6.42 Å². The second-order valence-corrected chi connectivity index (χ2v) is 12.9. The van der Waals surface area contributed by atoms with Crippen LogP contribution in [0.3, 0.4) is 0 Å². The van der Waals surface area contributed by atoms with E-state index in [1.807, 2.05) is 24.3 Å². The molecule has 0 aliphatic rings. The lowest BCUT2D eigenvalue weighted by Crippen LogP contribution is -2.20. The highest BCUT2D eigenvalue weighted by Gasteiger charge is 2.24. The molecule has 0 aromatic heterocycles. The molecule has 4 aromatic rings. The van der Waals surface area contributed by atoms with Crippen LogP contribution in [0, 0.1) is 0 Å². The van der Waals surface area contributed by atoms with E-state index >= 15 is 0 Å². The molecule has 0 atom stereocenters. The first-order valence-corrected chi connectivity index (χ1v) is 15.3. The summed E-state index contributed by atoms with van der Waals surface area (Å²) in [6, 6.07) is 33.5. The van der Waals surface area contributed by atoms with E-state index < -0.39 is 15.8 Å². The van der Waals surface area contributed by atoms with Gasteiger partial charge in [0.25, 0.3) is 0 Å². The molecule has 4 rings (SSSR count). The highest BCUT2D eigenvalue weighted by Crippen LogP contribution is 2.45. The summed E-state index contributed by atoms with van der Waals surface area (Å²) < 4.78 is 23.2. The fraction of sp³-hybridized carbons (Fsp3) is 0.226. The molecule has 38 heavy (non-hydrogen) atoms. The van der Waals surface area contributed by atoms with E-state index in [4.69, 9.17) is 18.9 Å². The van der Waals surface area contributed by atoms with Crippen molar-refractivity contribution in [3.05, 3.63) is 97.1 Å². The van der Waals surface area contributed by atoms with Gasteiger partial charge in [-0.25, -0.2) is 0 Å². The van der Waals surface area contributed by atoms with E-state index in [0.717, 1.165) is 41.7 Å². The van der Waals surface area contributed by atoms with Crippen LogP contribution >= 0.6 is 28.3 Å². The van der Waals surface area contributed by atoms with Gasteiger partial charge in [0.15, 0.2) is 0 Å². The molecular formula is C31H35ClO4P2. The van der Waals surface area contributed by atoms with Gasteiger partial charge in [-0.2, -0.15) is 0 Å². The van der Waals surface area contributed by atoms with Crippen LogP contribution in [0.15, 0.2) is 97.1 Å². The van der Waals surface area contributed by atoms with Gasteiger partial charge >= 0.3 is 0 Å². The Labute approximate surface area is 235 Å². The molecule has 0 N–H and O–H groups in total. The van der Waals surface area contributed by atoms with Gasteiger partial charge in [0.2, 0.25) is 0 Å². The summed E-state index contributed by atoms with van der Waals surface area (Å²) in [6.07, 6.45) is 3.06. The maximum Gasteiger partial charge on any atom is 0.126 e. The van der Waals surface area contributed by atoms with E-state index in [2.05, 4.69) is 72.8 Å². The molecule has 0 radical (unpaired) electrons. The first-order valence-electron chi connectivity index (χ1n) is 12.3. The van der Waals surface area contributed by atoms with Gasteiger partial charge in [0.1, 0.15) is 23.0 Å². The highest BCUT2D eigenvalue weighted by molar-refractivity contribution is 7.74. The fourth-order valence-electron chi connectivity index (χ4n) is 4.54. The lowest BCUT2D eigenvalue weighted by atomic mass is 10.3. The van der Waals surface area contributed by atoms with E-state index in [0.29, 0.717) is 0 Å². The minimum absolute atomic E-state index is 0. The standard InChI is InChI=1S/C31H34O4P2.ClH/c1-32-24-14-5-9-18-28(24)36(29-19-10-6-15-25(29)33-2)22-13-23-37(30-20-11-7-16-26(30)34-3)31-21-12-8-17-27(31)35-4;/h5-12,14-21H,13,22-23H2,1-4H3;1H. The normalized spacial score (nSPS) is 10.7. The number of rotatable bonds is 12. The maximum atomic E-state index is 5.79. The molecular weight excluding hydrogens is 534 g/mol. The quantitative estimate of drug-likeness (QED) is 0.194. The van der Waals surface area contributed by atoms with Crippen molar-refractivity contribution in [1.29, 1.82) is 0 Å². The largest absolute Gasteiger partial charge is 0.496 e. The molecule has 200 valence electrons. The Morgan fingerprint density at radius 1 is 0.421 bits per heavy atom. The molecule has 0 amide bonds. The molecule has 0 unspecified atom stereocenters. The third kappa shape index (κ3) is 6.80. The summed E-state index contributed by atoms with van der Waals surface area (Å²) >= 11 is 0. The van der Waals surface area contributed by atoms with Crippen LogP contribution in [-0.2, 0) is 0 Å². The van der Waals surface area contributed by atoms with Crippen LogP contribution in [0.5, 0.6) is 23.0 Å². The second-order valence-electron chi connectivity index (χ2n) is 8.34. The van der Waals surface area contributed by atoms with E-state index in [1.165, 1.54) is 21.2 Å². The van der Waals surface area contributed by atoms with Gasteiger partial charge in [-0.3, -0.25) is 0 Å². The summed E-state index contributed by atoms with van der Waals surface area (Å²) in [5.74, 6) is 3.71. The first-order chi connectivity index (χ1) is 18.2. The van der Waals surface area contributed by atoms with Crippen molar-refractivity contribution in [2.24, 2.45) is 0 Å². The van der Waals surface area contributed by atoms with Crippen LogP contribution in [0.1, 0.15) is 6.42 Å². The van der Waals surface area contributed by atoms with Crippen molar-refractivity contribution in [3.63, 3.8) is 0 Å². The average Bonchev–Trinajstić information content (AvgIpc) is 2.97. The highest BCUT2D eigenvalue weighted by atomic mass is 35.5. The number of hydrogen-bond acceptors (Lipinski definition) is 4. The monoisotopic (exact) mass is 568 g/mol. The molecule has 4 nitrogen and oxygen atoms in total. The van der Waals surface area contributed by atoms with Gasteiger partial charge in [-0.1, -0.05) is 72.8 Å². The van der Waals surface area contributed by atoms with Crippen LogP contribution in [0.2, 0.25) is 0 Å². The van der Waals surface area contributed by atoms with E-state index in [9.17, 15) is 0 Å². The number of benzene rings is 4. The third-order valence-corrected chi connectivity index (χ3v) is 11.6. The van der Waals surface area contributed by atoms with Gasteiger partial charge < -0.3 is 18.9 Å². The summed E-state index contributed by atoms with van der Waals surface area (Å²) in [4.78, 5) is 0. The topological polar surface area (TPSA) is 36.9 Å². The van der Waals surface area contributed by atoms with Crippen LogP contribution < -0.4 is 40.2 Å². The molecule has 0 aliphatic heterocycles. The minimum atomic E-state index is -0.697.